The van der Waals surface area contributed by atoms with E-state index in [9.17, 15) is 14.9 Å². The number of aromatic nitrogens is 3. The molecule has 0 aliphatic rings. The molecule has 1 amide bonds. The Morgan fingerprint density at radius 3 is 2.49 bits per heavy atom. The SMILES string of the molecule is CCOc1ccc(C(=O)NC(=S)Nc2cc3nn(-c4ccc(C)cc4)nc3cc2Cl)cc1[N+](=O)[O-]. The van der Waals surface area contributed by atoms with Crippen LogP contribution in [0.1, 0.15) is 22.8 Å². The van der Waals surface area contributed by atoms with Crippen LogP contribution >= 0.6 is 23.8 Å². The number of thiocarbonyl (C=S) groups is 1. The fourth-order valence-electron chi connectivity index (χ4n) is 3.24. The number of ether oxygens (including phenoxy) is 1. The van der Waals surface area contributed by atoms with E-state index in [0.717, 1.165) is 17.3 Å². The number of fused-ring (bicyclic) bond motifs is 1. The van der Waals surface area contributed by atoms with E-state index in [1.165, 1.54) is 16.9 Å². The van der Waals surface area contributed by atoms with E-state index < -0.39 is 10.8 Å². The fraction of sp³-hybridized carbons (Fsp3) is 0.130. The van der Waals surface area contributed by atoms with Gasteiger partial charge in [-0.3, -0.25) is 20.2 Å². The number of amides is 1. The number of carbonyl (C=O) groups excluding carboxylic acids is 1. The number of nitro benzene ring substituents is 1. The molecule has 178 valence electrons. The molecule has 10 nitrogen and oxygen atoms in total. The molecule has 0 saturated carbocycles. The Hall–Kier alpha value is -4.09. The van der Waals surface area contributed by atoms with Gasteiger partial charge in [-0.15, -0.1) is 10.2 Å². The van der Waals surface area contributed by atoms with Crippen molar-refractivity contribution in [1.82, 2.24) is 20.3 Å². The highest BCUT2D eigenvalue weighted by Crippen LogP contribution is 2.29. The zero-order chi connectivity index (χ0) is 25.1. The van der Waals surface area contributed by atoms with Crippen LogP contribution < -0.4 is 15.4 Å². The van der Waals surface area contributed by atoms with Crippen molar-refractivity contribution in [3.05, 3.63) is 80.9 Å². The van der Waals surface area contributed by atoms with E-state index in [4.69, 9.17) is 28.6 Å². The topological polar surface area (TPSA) is 124 Å². The molecule has 0 aliphatic heterocycles. The molecule has 3 aromatic carbocycles. The van der Waals surface area contributed by atoms with Crippen LogP contribution in [0.3, 0.4) is 0 Å². The lowest BCUT2D eigenvalue weighted by molar-refractivity contribution is -0.385. The lowest BCUT2D eigenvalue weighted by Gasteiger charge is -2.11. The first kappa shape index (κ1) is 24.0. The van der Waals surface area contributed by atoms with Gasteiger partial charge in [-0.2, -0.15) is 4.80 Å². The highest BCUT2D eigenvalue weighted by Gasteiger charge is 2.19. The number of halogens is 1. The number of nitrogens with zero attached hydrogens (tertiary/aromatic N) is 4. The highest BCUT2D eigenvalue weighted by atomic mass is 35.5. The van der Waals surface area contributed by atoms with Crippen LogP contribution in [0.25, 0.3) is 16.7 Å². The molecule has 0 fully saturated rings. The minimum atomic E-state index is -0.629. The lowest BCUT2D eigenvalue weighted by atomic mass is 10.1. The monoisotopic (exact) mass is 510 g/mol. The molecule has 1 aromatic heterocycles. The molecule has 35 heavy (non-hydrogen) atoms. The van der Waals surface area contributed by atoms with E-state index in [-0.39, 0.29) is 28.7 Å². The number of anilines is 1. The van der Waals surface area contributed by atoms with Crippen molar-refractivity contribution in [2.75, 3.05) is 11.9 Å². The zero-order valence-electron chi connectivity index (χ0n) is 18.6. The lowest BCUT2D eigenvalue weighted by Crippen LogP contribution is -2.34. The molecule has 1 heterocycles. The van der Waals surface area contributed by atoms with Gasteiger partial charge in [0.05, 0.1) is 27.9 Å². The van der Waals surface area contributed by atoms with Gasteiger partial charge in [0.2, 0.25) is 0 Å². The normalized spacial score (nSPS) is 10.7. The number of aryl methyl sites for hydroxylation is 1. The summed E-state index contributed by atoms with van der Waals surface area (Å²) in [5.41, 5.74) is 3.21. The third-order valence-corrected chi connectivity index (χ3v) is 5.44. The van der Waals surface area contributed by atoms with Crippen molar-refractivity contribution >= 4 is 57.2 Å². The van der Waals surface area contributed by atoms with Crippen LogP contribution in [0, 0.1) is 17.0 Å². The third-order valence-electron chi connectivity index (χ3n) is 4.93. The number of nitrogens with one attached hydrogen (secondary N) is 2. The molecule has 12 heteroatoms. The summed E-state index contributed by atoms with van der Waals surface area (Å²) in [5, 5.41) is 25.9. The quantitative estimate of drug-likeness (QED) is 0.215. The van der Waals surface area contributed by atoms with Gasteiger partial charge < -0.3 is 10.1 Å². The second-order valence-electron chi connectivity index (χ2n) is 7.43. The molecular weight excluding hydrogens is 492 g/mol. The van der Waals surface area contributed by atoms with Gasteiger partial charge in [0, 0.05) is 11.6 Å². The summed E-state index contributed by atoms with van der Waals surface area (Å²) in [6, 6.07) is 15.0. The zero-order valence-corrected chi connectivity index (χ0v) is 20.2. The minimum Gasteiger partial charge on any atom is -0.487 e. The van der Waals surface area contributed by atoms with Gasteiger partial charge in [0.15, 0.2) is 10.9 Å². The Labute approximate surface area is 210 Å². The summed E-state index contributed by atoms with van der Waals surface area (Å²) < 4.78 is 5.24. The van der Waals surface area contributed by atoms with Gasteiger partial charge in [0.25, 0.3) is 5.91 Å². The van der Waals surface area contributed by atoms with Crippen LogP contribution in [0.2, 0.25) is 5.02 Å². The summed E-state index contributed by atoms with van der Waals surface area (Å²) >= 11 is 11.6. The summed E-state index contributed by atoms with van der Waals surface area (Å²) in [6.07, 6.45) is 0. The Kier molecular flexibility index (Phi) is 6.90. The largest absolute Gasteiger partial charge is 0.487 e. The predicted octanol–water partition coefficient (Wildman–Crippen LogP) is 4.82. The molecular formula is C23H19ClN6O4S. The van der Waals surface area contributed by atoms with E-state index in [1.54, 1.807) is 19.1 Å². The van der Waals surface area contributed by atoms with E-state index in [0.29, 0.717) is 21.7 Å². The maximum absolute atomic E-state index is 12.6. The van der Waals surface area contributed by atoms with Gasteiger partial charge in [-0.05, 0) is 62.5 Å². The van der Waals surface area contributed by atoms with Crippen molar-refractivity contribution in [2.45, 2.75) is 13.8 Å². The maximum atomic E-state index is 12.6. The number of nitro groups is 1. The summed E-state index contributed by atoms with van der Waals surface area (Å²) in [7, 11) is 0. The van der Waals surface area contributed by atoms with Crippen molar-refractivity contribution in [1.29, 1.82) is 0 Å². The van der Waals surface area contributed by atoms with Gasteiger partial charge in [-0.25, -0.2) is 0 Å². The molecule has 0 saturated heterocycles. The van der Waals surface area contributed by atoms with Crippen LogP contribution in [0.15, 0.2) is 54.6 Å². The standard InChI is InChI=1S/C23H19ClN6O4S/c1-3-34-21-9-6-14(10-20(21)30(32)33)22(31)26-23(35)25-17-12-19-18(11-16(17)24)27-29(28-19)15-7-4-13(2)5-8-15/h4-12H,3H2,1-2H3,(H2,25,26,31,35). The Bertz CT molecular complexity index is 1450. The fourth-order valence-corrected chi connectivity index (χ4v) is 3.64. The van der Waals surface area contributed by atoms with E-state index in [1.807, 2.05) is 31.2 Å². The number of rotatable bonds is 6. The van der Waals surface area contributed by atoms with Crippen molar-refractivity contribution in [3.63, 3.8) is 0 Å². The molecule has 0 bridgehead atoms. The molecule has 0 radical (unpaired) electrons. The Balaban J connectivity index is 1.51. The summed E-state index contributed by atoms with van der Waals surface area (Å²) in [5.74, 6) is -0.551. The van der Waals surface area contributed by atoms with Crippen LogP contribution in [-0.2, 0) is 0 Å². The van der Waals surface area contributed by atoms with Gasteiger partial charge >= 0.3 is 5.69 Å². The number of benzene rings is 3. The molecule has 4 rings (SSSR count). The van der Waals surface area contributed by atoms with Crippen LogP contribution in [0.5, 0.6) is 5.75 Å². The van der Waals surface area contributed by atoms with Gasteiger partial charge in [0.1, 0.15) is 11.0 Å². The average Bonchev–Trinajstić information content (AvgIpc) is 3.22. The molecule has 0 aliphatic carbocycles. The number of hydrogen-bond donors (Lipinski definition) is 2. The van der Waals surface area contributed by atoms with E-state index >= 15 is 0 Å². The number of carbonyl (C=O) groups is 1. The van der Waals surface area contributed by atoms with Crippen LogP contribution in [0.4, 0.5) is 11.4 Å². The summed E-state index contributed by atoms with van der Waals surface area (Å²) in [6.45, 7) is 3.96. The first-order chi connectivity index (χ1) is 16.7. The predicted molar refractivity (Wildman–Crippen MR) is 137 cm³/mol. The maximum Gasteiger partial charge on any atom is 0.311 e. The molecule has 0 unspecified atom stereocenters. The second kappa shape index (κ2) is 10.0. The number of hydrogen-bond acceptors (Lipinski definition) is 7. The smallest absolute Gasteiger partial charge is 0.311 e. The first-order valence-electron chi connectivity index (χ1n) is 10.4. The molecule has 2 N–H and O–H groups in total. The Morgan fingerprint density at radius 2 is 1.83 bits per heavy atom. The Morgan fingerprint density at radius 1 is 1.14 bits per heavy atom. The first-order valence-corrected chi connectivity index (χ1v) is 11.2. The van der Waals surface area contributed by atoms with Gasteiger partial charge in [-0.1, -0.05) is 29.3 Å². The third kappa shape index (κ3) is 5.36. The summed E-state index contributed by atoms with van der Waals surface area (Å²) in [4.78, 5) is 24.8. The molecule has 0 spiro atoms. The minimum absolute atomic E-state index is 0.0429. The van der Waals surface area contributed by atoms with E-state index in [2.05, 4.69) is 20.8 Å². The van der Waals surface area contributed by atoms with Crippen LogP contribution in [-0.4, -0.2) is 37.5 Å². The average molecular weight is 511 g/mol. The molecule has 4 aromatic rings. The molecule has 0 atom stereocenters. The second-order valence-corrected chi connectivity index (χ2v) is 8.24. The van der Waals surface area contributed by atoms with Crippen molar-refractivity contribution < 1.29 is 14.5 Å². The van der Waals surface area contributed by atoms with Crippen molar-refractivity contribution in [2.24, 2.45) is 0 Å². The van der Waals surface area contributed by atoms with Crippen molar-refractivity contribution in [3.8, 4) is 11.4 Å². The highest BCUT2D eigenvalue weighted by molar-refractivity contribution is 7.80.